The molecule has 0 aromatic rings. The van der Waals surface area contributed by atoms with E-state index in [-0.39, 0.29) is 13.0 Å². The molecule has 0 radical (unpaired) electrons. The van der Waals surface area contributed by atoms with E-state index in [2.05, 4.69) is 0 Å². The second kappa shape index (κ2) is 7.87. The first-order valence-electron chi connectivity index (χ1n) is 4.94. The highest BCUT2D eigenvalue weighted by Crippen LogP contribution is 2.35. The van der Waals surface area contributed by atoms with E-state index in [1.165, 1.54) is 0 Å². The Balaban J connectivity index is 3.81. The first kappa shape index (κ1) is 17.6. The number of rotatable bonds is 7. The molecule has 3 nitrogen and oxygen atoms in total. The van der Waals surface area contributed by atoms with Crippen LogP contribution >= 0.6 is 44.3 Å². The topological polar surface area (TPSA) is 50.1 Å². The average Bonchev–Trinajstić information content (AvgIpc) is 2.09. The minimum absolute atomic E-state index is 0.220. The van der Waals surface area contributed by atoms with Crippen LogP contribution in [-0.4, -0.2) is 26.0 Å². The molecule has 0 aliphatic rings. The molecule has 0 rings (SSSR count). The van der Waals surface area contributed by atoms with Crippen LogP contribution in [0.2, 0.25) is 18.3 Å². The minimum Gasteiger partial charge on any atom is -0.465 e. The maximum atomic E-state index is 10.9. The van der Waals surface area contributed by atoms with Crippen LogP contribution in [0.15, 0.2) is 0 Å². The van der Waals surface area contributed by atoms with Crippen LogP contribution in [0.3, 0.4) is 0 Å². The fourth-order valence-electron chi connectivity index (χ4n) is 1.17. The normalized spacial score (nSPS) is 12.0. The molecule has 0 fully saturated rings. The highest BCUT2D eigenvalue weighted by atomic mass is 35.7. The van der Waals surface area contributed by atoms with Gasteiger partial charge in [0.2, 0.25) is 6.69 Å². The molecule has 0 aromatic heterocycles. The van der Waals surface area contributed by atoms with Gasteiger partial charge in [0, 0.05) is 0 Å². The van der Waals surface area contributed by atoms with Gasteiger partial charge in [-0.05, 0) is 24.7 Å². The van der Waals surface area contributed by atoms with Crippen LogP contribution in [0.1, 0.15) is 12.8 Å². The molecule has 0 unspecified atom stereocenters. The second-order valence-electron chi connectivity index (χ2n) is 3.76. The van der Waals surface area contributed by atoms with Crippen molar-refractivity contribution in [3.8, 4) is 6.07 Å². The van der Waals surface area contributed by atoms with Gasteiger partial charge in [0.25, 0.3) is 6.69 Å². The molecule has 9 heteroatoms. The van der Waals surface area contributed by atoms with Crippen molar-refractivity contribution in [1.29, 1.82) is 5.26 Å². The van der Waals surface area contributed by atoms with Gasteiger partial charge in [-0.15, -0.1) is 44.3 Å². The van der Waals surface area contributed by atoms with Gasteiger partial charge in [-0.25, -0.2) is 0 Å². The van der Waals surface area contributed by atoms with Crippen LogP contribution in [0, 0.1) is 11.3 Å². The number of hydrogen-bond acceptors (Lipinski definition) is 3. The summed E-state index contributed by atoms with van der Waals surface area (Å²) in [5.41, 5.74) is 0.484. The van der Waals surface area contributed by atoms with Gasteiger partial charge in [0.15, 0.2) is 0 Å². The summed E-state index contributed by atoms with van der Waals surface area (Å²) in [6, 6.07) is 2.28. The Morgan fingerprint density at radius 3 is 2.41 bits per heavy atom. The summed E-state index contributed by atoms with van der Waals surface area (Å²) < 4.78 is 4.80. The van der Waals surface area contributed by atoms with Crippen molar-refractivity contribution in [2.24, 2.45) is 0 Å². The van der Waals surface area contributed by atoms with Crippen LogP contribution in [-0.2, 0) is 9.53 Å². The predicted molar refractivity (Wildman–Crippen MR) is 76.2 cm³/mol. The van der Waals surface area contributed by atoms with E-state index in [0.717, 1.165) is 0 Å². The minimum atomic E-state index is -2.44. The molecule has 17 heavy (non-hydrogen) atoms. The third-order valence-corrected chi connectivity index (χ3v) is 13.3. The van der Waals surface area contributed by atoms with E-state index in [0.29, 0.717) is 18.1 Å². The molecule has 0 spiro atoms. The van der Waals surface area contributed by atoms with E-state index in [1.807, 2.05) is 0 Å². The number of nitriles is 1. The number of carbonyl (C=O) groups is 1. The number of hydrogen-bond donors (Lipinski definition) is 0. The third kappa shape index (κ3) is 11.4. The van der Waals surface area contributed by atoms with Gasteiger partial charge in [-0.2, -0.15) is 5.26 Å². The molecule has 0 atom stereocenters. The summed E-state index contributed by atoms with van der Waals surface area (Å²) in [6.07, 6.45) is 0.327. The predicted octanol–water partition coefficient (Wildman–Crippen LogP) is 3.84. The van der Waals surface area contributed by atoms with Crippen LogP contribution in [0.25, 0.3) is 0 Å². The molecule has 98 valence electrons. The molecule has 0 N–H and O–H groups in total. The smallest absolute Gasteiger partial charge is 0.320 e. The summed E-state index contributed by atoms with van der Waals surface area (Å²) in [7, 11) is 0. The number of carbonyl (C=O) groups excluding carboxylic acids is 1. The number of halogens is 4. The highest BCUT2D eigenvalue weighted by molar-refractivity contribution is 7.56. The maximum Gasteiger partial charge on any atom is 0.320 e. The summed E-state index contributed by atoms with van der Waals surface area (Å²) >= 11 is 24.3. The third-order valence-electron chi connectivity index (χ3n) is 1.74. The van der Waals surface area contributed by atoms with Crippen molar-refractivity contribution in [3.63, 3.8) is 0 Å². The Morgan fingerprint density at radius 1 is 1.35 bits per heavy atom. The van der Waals surface area contributed by atoms with Crippen molar-refractivity contribution in [3.05, 3.63) is 0 Å². The van der Waals surface area contributed by atoms with Crippen molar-refractivity contribution >= 4 is 63.7 Å². The van der Waals surface area contributed by atoms with Crippen LogP contribution in [0.4, 0.5) is 0 Å². The Morgan fingerprint density at radius 2 is 1.94 bits per heavy atom. The molecular formula is C8H13Cl4NO2Si2. The summed E-state index contributed by atoms with van der Waals surface area (Å²) in [5, 5.41) is 8.24. The van der Waals surface area contributed by atoms with Gasteiger partial charge in [-0.1, -0.05) is 0 Å². The SMILES string of the molecule is C[Si](Cl)(Cl)C[Si](Cl)(Cl)CCCOC(=O)CC#N. The zero-order valence-corrected chi connectivity index (χ0v) is 14.3. The Hall–Kier alpha value is 0.554. The van der Waals surface area contributed by atoms with E-state index in [1.54, 1.807) is 12.6 Å². The van der Waals surface area contributed by atoms with E-state index in [4.69, 9.17) is 54.3 Å². The van der Waals surface area contributed by atoms with Crippen molar-refractivity contribution in [2.75, 3.05) is 6.61 Å². The van der Waals surface area contributed by atoms with Gasteiger partial charge in [-0.3, -0.25) is 4.79 Å². The molecule has 0 bridgehead atoms. The largest absolute Gasteiger partial charge is 0.465 e. The molecule has 0 amide bonds. The van der Waals surface area contributed by atoms with Gasteiger partial charge in [0.1, 0.15) is 6.42 Å². The number of ether oxygens (including phenoxy) is 1. The molecule has 0 aliphatic heterocycles. The first-order chi connectivity index (χ1) is 7.66. The quantitative estimate of drug-likeness (QED) is 0.302. The highest BCUT2D eigenvalue weighted by Gasteiger charge is 2.37. The molecule has 0 saturated carbocycles. The zero-order valence-electron chi connectivity index (χ0n) is 9.31. The average molecular weight is 353 g/mol. The Bertz CT molecular complexity index is 301. The fourth-order valence-corrected chi connectivity index (χ4v) is 18.4. The standard InChI is InChI=1S/C8H13Cl4NO2Si2/c1-16(9,10)7-17(11,12)6-2-5-15-8(14)3-4-13/h2-3,5-7H2,1H3. The van der Waals surface area contributed by atoms with E-state index < -0.39 is 19.4 Å². The van der Waals surface area contributed by atoms with Crippen molar-refractivity contribution < 1.29 is 9.53 Å². The monoisotopic (exact) mass is 351 g/mol. The lowest BCUT2D eigenvalue weighted by Crippen LogP contribution is -2.30. The number of nitrogens with zero attached hydrogens (tertiary/aromatic N) is 1. The second-order valence-corrected chi connectivity index (χ2v) is 20.0. The maximum absolute atomic E-state index is 10.9. The number of esters is 1. The summed E-state index contributed by atoms with van der Waals surface area (Å²) in [4.78, 5) is 10.9. The molecule has 0 heterocycles. The Kier molecular flexibility index (Phi) is 8.13. The zero-order chi connectivity index (χ0) is 13.5. The van der Waals surface area contributed by atoms with Gasteiger partial charge >= 0.3 is 5.97 Å². The molecular weight excluding hydrogens is 340 g/mol. The molecule has 0 aromatic carbocycles. The lowest BCUT2D eigenvalue weighted by molar-refractivity contribution is -0.142. The Labute approximate surface area is 122 Å². The van der Waals surface area contributed by atoms with Crippen LogP contribution < -0.4 is 0 Å². The van der Waals surface area contributed by atoms with Crippen LogP contribution in [0.5, 0.6) is 0 Å². The lowest BCUT2D eigenvalue weighted by Gasteiger charge is -2.20. The van der Waals surface area contributed by atoms with E-state index in [9.17, 15) is 4.79 Å². The fraction of sp³-hybridized carbons (Fsp3) is 0.750. The summed E-state index contributed by atoms with van der Waals surface area (Å²) in [6.45, 7) is -2.75. The van der Waals surface area contributed by atoms with Crippen molar-refractivity contribution in [1.82, 2.24) is 0 Å². The van der Waals surface area contributed by atoms with Gasteiger partial charge < -0.3 is 4.74 Å². The molecule has 0 aliphatic carbocycles. The lowest BCUT2D eigenvalue weighted by atomic mass is 10.5. The first-order valence-corrected chi connectivity index (χ1v) is 14.1. The van der Waals surface area contributed by atoms with E-state index >= 15 is 0 Å². The molecule has 0 saturated heterocycles. The van der Waals surface area contributed by atoms with Crippen molar-refractivity contribution in [2.45, 2.75) is 31.1 Å². The van der Waals surface area contributed by atoms with Gasteiger partial charge in [0.05, 0.1) is 12.7 Å². The summed E-state index contributed by atoms with van der Waals surface area (Å²) in [5.74, 6) is -0.530.